The molecule has 7 heteroatoms. The summed E-state index contributed by atoms with van der Waals surface area (Å²) in [6.07, 6.45) is -3.51. The molecule has 2 heterocycles. The van der Waals surface area contributed by atoms with Gasteiger partial charge < -0.3 is 5.11 Å². The lowest BCUT2D eigenvalue weighted by molar-refractivity contribution is -0.142. The molecule has 0 unspecified atom stereocenters. The number of carbonyl (C=O) groups is 1. The van der Waals surface area contributed by atoms with Crippen LogP contribution in [0.4, 0.5) is 13.2 Å². The molecule has 0 aliphatic rings. The molecule has 0 fully saturated rings. The van der Waals surface area contributed by atoms with Gasteiger partial charge in [-0.25, -0.2) is 4.98 Å². The van der Waals surface area contributed by atoms with E-state index in [-0.39, 0.29) is 18.7 Å². The van der Waals surface area contributed by atoms with E-state index in [1.807, 2.05) is 0 Å². The van der Waals surface area contributed by atoms with Gasteiger partial charge in [-0.1, -0.05) is 6.07 Å². The number of nitrogens with zero attached hydrogens (tertiary/aromatic N) is 2. The maximum absolute atomic E-state index is 12.8. The van der Waals surface area contributed by atoms with Gasteiger partial charge in [-0.3, -0.25) is 9.20 Å². The van der Waals surface area contributed by atoms with Gasteiger partial charge in [-0.15, -0.1) is 0 Å². The van der Waals surface area contributed by atoms with Crippen LogP contribution in [0.15, 0.2) is 24.4 Å². The molecule has 0 atom stereocenters. The van der Waals surface area contributed by atoms with Crippen molar-refractivity contribution in [1.82, 2.24) is 9.38 Å². The molecule has 1 N–H and O–H groups in total. The topological polar surface area (TPSA) is 54.6 Å². The van der Waals surface area contributed by atoms with Crippen LogP contribution in [0.1, 0.15) is 17.9 Å². The first-order valence-electron chi connectivity index (χ1n) is 5.14. The fraction of sp³-hybridized carbons (Fsp3) is 0.273. The molecule has 0 aliphatic carbocycles. The second kappa shape index (κ2) is 4.32. The van der Waals surface area contributed by atoms with Crippen LogP contribution in [0.3, 0.4) is 0 Å². The fourth-order valence-electron chi connectivity index (χ4n) is 1.73. The Bertz CT molecular complexity index is 589. The van der Waals surface area contributed by atoms with Gasteiger partial charge >= 0.3 is 12.1 Å². The van der Waals surface area contributed by atoms with Crippen LogP contribution in [0.5, 0.6) is 0 Å². The third kappa shape index (κ3) is 2.29. The molecule has 0 spiro atoms. The Morgan fingerprint density at radius 2 is 2.11 bits per heavy atom. The highest BCUT2D eigenvalue weighted by atomic mass is 19.4. The first-order chi connectivity index (χ1) is 8.39. The van der Waals surface area contributed by atoms with Crippen LogP contribution in [0.2, 0.25) is 0 Å². The summed E-state index contributed by atoms with van der Waals surface area (Å²) in [7, 11) is 0. The average Bonchev–Trinajstić information content (AvgIpc) is 2.67. The van der Waals surface area contributed by atoms with Gasteiger partial charge in [0.1, 0.15) is 11.5 Å². The third-order valence-electron chi connectivity index (χ3n) is 2.48. The predicted molar refractivity (Wildman–Crippen MR) is 56.2 cm³/mol. The molecule has 0 aliphatic heterocycles. The molecule has 0 amide bonds. The number of carboxylic acids is 1. The highest BCUT2D eigenvalue weighted by Crippen LogP contribution is 2.30. The van der Waals surface area contributed by atoms with E-state index in [9.17, 15) is 18.0 Å². The number of alkyl halides is 3. The molecule has 96 valence electrons. The number of halogens is 3. The number of imidazole rings is 1. The largest absolute Gasteiger partial charge is 0.481 e. The number of aliphatic carboxylic acids is 1. The lowest BCUT2D eigenvalue weighted by Gasteiger charge is -2.11. The Morgan fingerprint density at radius 3 is 2.72 bits per heavy atom. The zero-order chi connectivity index (χ0) is 13.3. The molecule has 0 radical (unpaired) electrons. The Kier molecular flexibility index (Phi) is 2.98. The second-order valence-electron chi connectivity index (χ2n) is 3.74. The molecule has 18 heavy (non-hydrogen) atoms. The molecule has 2 aromatic heterocycles. The summed E-state index contributed by atoms with van der Waals surface area (Å²) in [6, 6.07) is 3.73. The van der Waals surface area contributed by atoms with Gasteiger partial charge in [0.2, 0.25) is 0 Å². The van der Waals surface area contributed by atoms with E-state index in [0.717, 1.165) is 10.5 Å². The van der Waals surface area contributed by atoms with E-state index in [0.29, 0.717) is 5.52 Å². The second-order valence-corrected chi connectivity index (χ2v) is 3.74. The number of carboxylic acid groups (broad SMARTS) is 1. The molecule has 0 bridgehead atoms. The highest BCUT2D eigenvalue weighted by Gasteiger charge is 2.34. The number of aromatic nitrogens is 2. The molecule has 4 nitrogen and oxygen atoms in total. The molecule has 2 aromatic rings. The lowest BCUT2D eigenvalue weighted by Crippen LogP contribution is -2.13. The summed E-state index contributed by atoms with van der Waals surface area (Å²) in [4.78, 5) is 14.3. The number of aryl methyl sites for hydroxylation is 1. The zero-order valence-corrected chi connectivity index (χ0v) is 9.11. The fourth-order valence-corrected chi connectivity index (χ4v) is 1.73. The Hall–Kier alpha value is -2.05. The maximum atomic E-state index is 12.8. The molecule has 0 saturated carbocycles. The molecule has 0 saturated heterocycles. The van der Waals surface area contributed by atoms with Crippen LogP contribution >= 0.6 is 0 Å². The average molecular weight is 258 g/mol. The number of hydrogen-bond donors (Lipinski definition) is 1. The summed E-state index contributed by atoms with van der Waals surface area (Å²) < 4.78 is 39.4. The van der Waals surface area contributed by atoms with Crippen LogP contribution in [-0.2, 0) is 17.4 Å². The van der Waals surface area contributed by atoms with E-state index in [4.69, 9.17) is 5.11 Å². The van der Waals surface area contributed by atoms with E-state index in [2.05, 4.69) is 4.98 Å². The van der Waals surface area contributed by atoms with Gasteiger partial charge in [-0.2, -0.15) is 13.2 Å². The van der Waals surface area contributed by atoms with Crippen molar-refractivity contribution < 1.29 is 23.1 Å². The van der Waals surface area contributed by atoms with Crippen molar-refractivity contribution in [2.24, 2.45) is 0 Å². The summed E-state index contributed by atoms with van der Waals surface area (Å²) >= 11 is 0. The van der Waals surface area contributed by atoms with Gasteiger partial charge in [0.05, 0.1) is 18.1 Å². The number of pyridine rings is 1. The van der Waals surface area contributed by atoms with Crippen molar-refractivity contribution >= 4 is 11.5 Å². The SMILES string of the molecule is O=C(O)CCc1ncc2cccc(C(F)(F)F)n12. The quantitative estimate of drug-likeness (QED) is 0.919. The summed E-state index contributed by atoms with van der Waals surface area (Å²) in [5.41, 5.74) is -0.553. The van der Waals surface area contributed by atoms with E-state index in [1.54, 1.807) is 0 Å². The van der Waals surface area contributed by atoms with Gasteiger partial charge in [0, 0.05) is 6.42 Å². The molecular weight excluding hydrogens is 249 g/mol. The zero-order valence-electron chi connectivity index (χ0n) is 9.11. The number of hydrogen-bond acceptors (Lipinski definition) is 2. The molecular formula is C11H9F3N2O2. The number of rotatable bonds is 3. The number of fused-ring (bicyclic) bond motifs is 1. The van der Waals surface area contributed by atoms with Crippen LogP contribution < -0.4 is 0 Å². The van der Waals surface area contributed by atoms with Crippen LogP contribution in [0, 0.1) is 0 Å². The molecule has 0 aromatic carbocycles. The monoisotopic (exact) mass is 258 g/mol. The van der Waals surface area contributed by atoms with Gasteiger partial charge in [0.15, 0.2) is 0 Å². The van der Waals surface area contributed by atoms with Gasteiger partial charge in [-0.05, 0) is 12.1 Å². The Balaban J connectivity index is 2.52. The summed E-state index contributed by atoms with van der Waals surface area (Å²) in [5, 5.41) is 8.55. The minimum absolute atomic E-state index is 0.0450. The van der Waals surface area contributed by atoms with E-state index < -0.39 is 17.8 Å². The minimum Gasteiger partial charge on any atom is -0.481 e. The van der Waals surface area contributed by atoms with Crippen LogP contribution in [0.25, 0.3) is 5.52 Å². The molecule has 2 rings (SSSR count). The van der Waals surface area contributed by atoms with Crippen molar-refractivity contribution in [1.29, 1.82) is 0 Å². The smallest absolute Gasteiger partial charge is 0.431 e. The maximum Gasteiger partial charge on any atom is 0.431 e. The van der Waals surface area contributed by atoms with Crippen molar-refractivity contribution in [2.45, 2.75) is 19.0 Å². The summed E-state index contributed by atoms with van der Waals surface area (Å²) in [6.45, 7) is 0. The van der Waals surface area contributed by atoms with E-state index >= 15 is 0 Å². The van der Waals surface area contributed by atoms with Gasteiger partial charge in [0.25, 0.3) is 0 Å². The first-order valence-corrected chi connectivity index (χ1v) is 5.14. The normalized spacial score (nSPS) is 11.9. The lowest BCUT2D eigenvalue weighted by atomic mass is 10.2. The van der Waals surface area contributed by atoms with Crippen molar-refractivity contribution in [3.8, 4) is 0 Å². The Labute approximate surface area is 99.7 Å². The van der Waals surface area contributed by atoms with Crippen molar-refractivity contribution in [3.63, 3.8) is 0 Å². The minimum atomic E-state index is -4.50. The highest BCUT2D eigenvalue weighted by molar-refractivity contribution is 5.67. The van der Waals surface area contributed by atoms with E-state index in [1.165, 1.54) is 18.3 Å². The van der Waals surface area contributed by atoms with Crippen molar-refractivity contribution in [2.75, 3.05) is 0 Å². The Morgan fingerprint density at radius 1 is 1.39 bits per heavy atom. The third-order valence-corrected chi connectivity index (χ3v) is 2.48. The predicted octanol–water partition coefficient (Wildman–Crippen LogP) is 2.37. The summed E-state index contributed by atoms with van der Waals surface area (Å²) in [5.74, 6) is -0.975. The van der Waals surface area contributed by atoms with Crippen LogP contribution in [-0.4, -0.2) is 20.5 Å². The standard InChI is InChI=1S/C11H9F3N2O2/c12-11(13,14)8-3-1-2-7-6-15-9(16(7)8)4-5-10(17)18/h1-3,6H,4-5H2,(H,17,18). The van der Waals surface area contributed by atoms with Crippen molar-refractivity contribution in [3.05, 3.63) is 35.9 Å². The first kappa shape index (κ1) is 12.4.